The topological polar surface area (TPSA) is 46.2 Å². The van der Waals surface area contributed by atoms with Crippen molar-refractivity contribution in [3.8, 4) is 0 Å². The highest BCUT2D eigenvalue weighted by atomic mass is 32.2. The quantitative estimate of drug-likeness (QED) is 0.705. The van der Waals surface area contributed by atoms with Crippen molar-refractivity contribution < 1.29 is 8.42 Å². The van der Waals surface area contributed by atoms with Crippen LogP contribution in [0.3, 0.4) is 0 Å². The standard InChI is InChI=1S/C14H31NO2S/c1-7-8-15-14(13(5)18(6,16)17)10-12(4)9-11(2)3/h11-15H,7-10H2,1-6H3. The largest absolute Gasteiger partial charge is 0.313 e. The van der Waals surface area contributed by atoms with Gasteiger partial charge in [-0.2, -0.15) is 0 Å². The number of rotatable bonds is 9. The molecule has 110 valence electrons. The van der Waals surface area contributed by atoms with Gasteiger partial charge in [0.25, 0.3) is 0 Å². The summed E-state index contributed by atoms with van der Waals surface area (Å²) in [4.78, 5) is 0. The van der Waals surface area contributed by atoms with E-state index < -0.39 is 9.84 Å². The molecule has 0 heterocycles. The van der Waals surface area contributed by atoms with E-state index in [1.165, 1.54) is 6.26 Å². The molecule has 0 radical (unpaired) electrons. The van der Waals surface area contributed by atoms with Crippen molar-refractivity contribution in [3.63, 3.8) is 0 Å². The third kappa shape index (κ3) is 7.37. The van der Waals surface area contributed by atoms with Gasteiger partial charge in [-0.3, -0.25) is 0 Å². The van der Waals surface area contributed by atoms with E-state index in [2.05, 4.69) is 33.0 Å². The van der Waals surface area contributed by atoms with E-state index in [9.17, 15) is 8.42 Å². The van der Waals surface area contributed by atoms with Crippen LogP contribution < -0.4 is 5.32 Å². The second-order valence-corrected chi connectivity index (χ2v) is 8.47. The molecule has 1 N–H and O–H groups in total. The van der Waals surface area contributed by atoms with Gasteiger partial charge in [0.05, 0.1) is 5.25 Å². The number of hydrogen-bond acceptors (Lipinski definition) is 3. The van der Waals surface area contributed by atoms with E-state index in [1.54, 1.807) is 0 Å². The maximum atomic E-state index is 11.7. The van der Waals surface area contributed by atoms with Crippen molar-refractivity contribution in [1.29, 1.82) is 0 Å². The molecule has 0 aliphatic carbocycles. The first kappa shape index (κ1) is 17.9. The molecule has 0 rings (SSSR count). The van der Waals surface area contributed by atoms with Gasteiger partial charge in [-0.05, 0) is 44.6 Å². The third-order valence-corrected chi connectivity index (χ3v) is 5.11. The lowest BCUT2D eigenvalue weighted by Gasteiger charge is -2.27. The zero-order valence-corrected chi connectivity index (χ0v) is 13.7. The molecule has 0 aromatic carbocycles. The van der Waals surface area contributed by atoms with Gasteiger partial charge in [-0.25, -0.2) is 8.42 Å². The molecule has 0 aromatic rings. The van der Waals surface area contributed by atoms with Gasteiger partial charge in [0.2, 0.25) is 0 Å². The van der Waals surface area contributed by atoms with Crippen LogP contribution in [0, 0.1) is 11.8 Å². The van der Waals surface area contributed by atoms with Crippen molar-refractivity contribution in [2.45, 2.75) is 65.2 Å². The van der Waals surface area contributed by atoms with Gasteiger partial charge in [0, 0.05) is 12.3 Å². The van der Waals surface area contributed by atoms with E-state index in [-0.39, 0.29) is 11.3 Å². The van der Waals surface area contributed by atoms with Crippen LogP contribution in [-0.2, 0) is 9.84 Å². The van der Waals surface area contributed by atoms with E-state index >= 15 is 0 Å². The molecule has 3 unspecified atom stereocenters. The fourth-order valence-corrected chi connectivity index (χ4v) is 3.21. The molecule has 4 heteroatoms. The van der Waals surface area contributed by atoms with Crippen LogP contribution in [0.2, 0.25) is 0 Å². The predicted octanol–water partition coefficient (Wildman–Crippen LogP) is 2.86. The average Bonchev–Trinajstić information content (AvgIpc) is 2.20. The first-order chi connectivity index (χ1) is 8.18. The SMILES string of the molecule is CCCNC(CC(C)CC(C)C)C(C)S(C)(=O)=O. The molecule has 0 bridgehead atoms. The van der Waals surface area contributed by atoms with Gasteiger partial charge in [-0.15, -0.1) is 0 Å². The molecule has 0 aliphatic heterocycles. The molecular weight excluding hydrogens is 246 g/mol. The van der Waals surface area contributed by atoms with Gasteiger partial charge in [0.1, 0.15) is 0 Å². The summed E-state index contributed by atoms with van der Waals surface area (Å²) in [6.45, 7) is 11.5. The molecule has 0 saturated carbocycles. The summed E-state index contributed by atoms with van der Waals surface area (Å²) in [6.07, 6.45) is 4.46. The van der Waals surface area contributed by atoms with Gasteiger partial charge < -0.3 is 5.32 Å². The maximum Gasteiger partial charge on any atom is 0.151 e. The number of sulfone groups is 1. The first-order valence-electron chi connectivity index (χ1n) is 7.10. The second-order valence-electron chi connectivity index (χ2n) is 6.07. The Hall–Kier alpha value is -0.0900. The van der Waals surface area contributed by atoms with E-state index in [0.717, 1.165) is 25.8 Å². The van der Waals surface area contributed by atoms with Crippen molar-refractivity contribution in [3.05, 3.63) is 0 Å². The molecule has 0 saturated heterocycles. The van der Waals surface area contributed by atoms with E-state index in [4.69, 9.17) is 0 Å². The molecule has 0 spiro atoms. The summed E-state index contributed by atoms with van der Waals surface area (Å²) in [7, 11) is -2.97. The molecule has 0 aliphatic rings. The smallest absolute Gasteiger partial charge is 0.151 e. The Kier molecular flexibility index (Phi) is 8.11. The van der Waals surface area contributed by atoms with Crippen LogP contribution in [-0.4, -0.2) is 32.5 Å². The van der Waals surface area contributed by atoms with Crippen molar-refractivity contribution >= 4 is 9.84 Å². The summed E-state index contributed by atoms with van der Waals surface area (Å²) < 4.78 is 23.4. The van der Waals surface area contributed by atoms with Crippen LogP contribution in [0.1, 0.15) is 53.9 Å². The minimum absolute atomic E-state index is 0.0775. The summed E-state index contributed by atoms with van der Waals surface area (Å²) >= 11 is 0. The third-order valence-electron chi connectivity index (χ3n) is 3.43. The van der Waals surface area contributed by atoms with Crippen LogP contribution in [0.5, 0.6) is 0 Å². The Morgan fingerprint density at radius 1 is 1.06 bits per heavy atom. The van der Waals surface area contributed by atoms with Crippen LogP contribution >= 0.6 is 0 Å². The fourth-order valence-electron chi connectivity index (χ4n) is 2.40. The lowest BCUT2D eigenvalue weighted by Crippen LogP contribution is -2.43. The molecule has 0 aromatic heterocycles. The van der Waals surface area contributed by atoms with Crippen LogP contribution in [0.4, 0.5) is 0 Å². The lowest BCUT2D eigenvalue weighted by atomic mass is 9.91. The normalized spacial score (nSPS) is 17.7. The second kappa shape index (κ2) is 8.16. The molecule has 3 nitrogen and oxygen atoms in total. The Morgan fingerprint density at radius 2 is 1.61 bits per heavy atom. The van der Waals surface area contributed by atoms with Gasteiger partial charge >= 0.3 is 0 Å². The lowest BCUT2D eigenvalue weighted by molar-refractivity contribution is 0.346. The number of hydrogen-bond donors (Lipinski definition) is 1. The van der Waals surface area contributed by atoms with Crippen LogP contribution in [0.25, 0.3) is 0 Å². The summed E-state index contributed by atoms with van der Waals surface area (Å²) in [5, 5.41) is 3.09. The Morgan fingerprint density at radius 3 is 2.00 bits per heavy atom. The molecule has 0 amide bonds. The molecule has 18 heavy (non-hydrogen) atoms. The first-order valence-corrected chi connectivity index (χ1v) is 9.06. The van der Waals surface area contributed by atoms with Gasteiger partial charge in [-0.1, -0.05) is 27.7 Å². The number of nitrogens with one attached hydrogen (secondary N) is 1. The Bertz CT molecular complexity index is 312. The Labute approximate surface area is 114 Å². The van der Waals surface area contributed by atoms with Crippen LogP contribution in [0.15, 0.2) is 0 Å². The molecular formula is C14H31NO2S. The summed E-state index contributed by atoms with van der Waals surface area (Å²) in [6, 6.07) is 0.0775. The predicted molar refractivity (Wildman–Crippen MR) is 79.6 cm³/mol. The van der Waals surface area contributed by atoms with Crippen molar-refractivity contribution in [2.24, 2.45) is 11.8 Å². The minimum Gasteiger partial charge on any atom is -0.313 e. The fraction of sp³-hybridized carbons (Fsp3) is 1.00. The summed E-state index contributed by atoms with van der Waals surface area (Å²) in [5.74, 6) is 1.23. The summed E-state index contributed by atoms with van der Waals surface area (Å²) in [5.41, 5.74) is 0. The van der Waals surface area contributed by atoms with Crippen molar-refractivity contribution in [2.75, 3.05) is 12.8 Å². The highest BCUT2D eigenvalue weighted by Crippen LogP contribution is 2.20. The van der Waals surface area contributed by atoms with E-state index in [0.29, 0.717) is 11.8 Å². The molecule has 0 fully saturated rings. The highest BCUT2D eigenvalue weighted by Gasteiger charge is 2.26. The monoisotopic (exact) mass is 277 g/mol. The van der Waals surface area contributed by atoms with Crippen molar-refractivity contribution in [1.82, 2.24) is 5.32 Å². The van der Waals surface area contributed by atoms with E-state index in [1.807, 2.05) is 6.92 Å². The average molecular weight is 277 g/mol. The highest BCUT2D eigenvalue weighted by molar-refractivity contribution is 7.91. The molecule has 3 atom stereocenters. The maximum absolute atomic E-state index is 11.7. The zero-order chi connectivity index (χ0) is 14.3. The Balaban J connectivity index is 4.58. The van der Waals surface area contributed by atoms with Gasteiger partial charge in [0.15, 0.2) is 9.84 Å². The zero-order valence-electron chi connectivity index (χ0n) is 12.9. The minimum atomic E-state index is -2.97.